The lowest BCUT2D eigenvalue weighted by Crippen LogP contribution is -2.40. The van der Waals surface area contributed by atoms with Crippen LogP contribution < -0.4 is 10.6 Å². The van der Waals surface area contributed by atoms with E-state index in [4.69, 9.17) is 4.52 Å². The normalized spacial score (nSPS) is 17.0. The van der Waals surface area contributed by atoms with E-state index in [0.717, 1.165) is 31.5 Å². The molecule has 1 atom stereocenters. The molecular formula is C19H25N5O3. The second-order valence-corrected chi connectivity index (χ2v) is 6.59. The van der Waals surface area contributed by atoms with E-state index in [2.05, 4.69) is 32.6 Å². The number of carbonyl (C=O) groups is 2. The van der Waals surface area contributed by atoms with Gasteiger partial charge in [-0.15, -0.1) is 0 Å². The van der Waals surface area contributed by atoms with Crippen LogP contribution in [0.4, 0.5) is 0 Å². The van der Waals surface area contributed by atoms with E-state index in [1.165, 1.54) is 0 Å². The van der Waals surface area contributed by atoms with Crippen molar-refractivity contribution in [3.05, 3.63) is 47.6 Å². The van der Waals surface area contributed by atoms with Gasteiger partial charge < -0.3 is 15.2 Å². The van der Waals surface area contributed by atoms with E-state index < -0.39 is 5.91 Å². The Morgan fingerprint density at radius 2 is 2.07 bits per heavy atom. The molecule has 8 heteroatoms. The first-order valence-corrected chi connectivity index (χ1v) is 9.31. The van der Waals surface area contributed by atoms with Crippen LogP contribution in [-0.4, -0.2) is 52.5 Å². The summed E-state index contributed by atoms with van der Waals surface area (Å²) in [6, 6.07) is 9.96. The third-order valence-corrected chi connectivity index (χ3v) is 4.72. The fourth-order valence-electron chi connectivity index (χ4n) is 3.25. The number of amides is 2. The van der Waals surface area contributed by atoms with Crippen molar-refractivity contribution in [2.24, 2.45) is 0 Å². The van der Waals surface area contributed by atoms with Crippen molar-refractivity contribution >= 4 is 11.8 Å². The second-order valence-electron chi connectivity index (χ2n) is 6.59. The predicted molar refractivity (Wildman–Crippen MR) is 98.9 cm³/mol. The number of nitrogens with one attached hydrogen (secondary N) is 2. The molecule has 0 spiro atoms. The van der Waals surface area contributed by atoms with Crippen molar-refractivity contribution in [1.82, 2.24) is 25.7 Å². The summed E-state index contributed by atoms with van der Waals surface area (Å²) in [5.41, 5.74) is 1.01. The van der Waals surface area contributed by atoms with Crippen molar-refractivity contribution in [1.29, 1.82) is 0 Å². The van der Waals surface area contributed by atoms with Gasteiger partial charge in [0.2, 0.25) is 5.91 Å². The highest BCUT2D eigenvalue weighted by molar-refractivity contribution is 5.89. The van der Waals surface area contributed by atoms with Gasteiger partial charge in [-0.05, 0) is 31.5 Å². The maximum atomic E-state index is 12.2. The van der Waals surface area contributed by atoms with Gasteiger partial charge in [-0.3, -0.25) is 14.5 Å². The van der Waals surface area contributed by atoms with Crippen LogP contribution >= 0.6 is 0 Å². The fraction of sp³-hybridized carbons (Fsp3) is 0.474. The Kier molecular flexibility index (Phi) is 6.54. The van der Waals surface area contributed by atoms with Crippen molar-refractivity contribution in [3.8, 4) is 0 Å². The van der Waals surface area contributed by atoms with E-state index in [9.17, 15) is 9.59 Å². The Labute approximate surface area is 158 Å². The quantitative estimate of drug-likeness (QED) is 0.722. The molecule has 2 amide bonds. The summed E-state index contributed by atoms with van der Waals surface area (Å²) in [6.07, 6.45) is 2.19. The van der Waals surface area contributed by atoms with Crippen LogP contribution in [0.3, 0.4) is 0 Å². The van der Waals surface area contributed by atoms with Crippen LogP contribution in [0.15, 0.2) is 34.9 Å². The molecule has 0 bridgehead atoms. The topological polar surface area (TPSA) is 100 Å². The first-order valence-electron chi connectivity index (χ1n) is 9.31. The van der Waals surface area contributed by atoms with Crippen LogP contribution in [-0.2, 0) is 17.8 Å². The number of hydrogen-bond acceptors (Lipinski definition) is 6. The van der Waals surface area contributed by atoms with Gasteiger partial charge in [0.25, 0.3) is 0 Å². The number of nitrogens with zero attached hydrogens (tertiary/aromatic N) is 3. The summed E-state index contributed by atoms with van der Waals surface area (Å²) in [6.45, 7) is 5.15. The molecule has 144 valence electrons. The Hall–Kier alpha value is -2.74. The minimum atomic E-state index is -0.401. The molecule has 0 aliphatic carbocycles. The molecule has 2 heterocycles. The summed E-state index contributed by atoms with van der Waals surface area (Å²) in [7, 11) is 0. The van der Waals surface area contributed by atoms with Crippen LogP contribution in [0.5, 0.6) is 0 Å². The van der Waals surface area contributed by atoms with E-state index in [1.807, 2.05) is 30.3 Å². The number of likely N-dealkylation sites (N-methyl/N-ethyl adjacent to an activating group) is 1. The summed E-state index contributed by atoms with van der Waals surface area (Å²) in [4.78, 5) is 30.5. The zero-order valence-electron chi connectivity index (χ0n) is 15.5. The van der Waals surface area contributed by atoms with Gasteiger partial charge in [0.1, 0.15) is 0 Å². The highest BCUT2D eigenvalue weighted by Crippen LogP contribution is 2.15. The molecule has 1 aliphatic rings. The lowest BCUT2D eigenvalue weighted by atomic mass is 10.2. The molecular weight excluding hydrogens is 346 g/mol. The van der Waals surface area contributed by atoms with Gasteiger partial charge in [0.15, 0.2) is 5.82 Å². The number of carbonyl (C=O) groups excluding carboxylic acids is 2. The number of likely N-dealkylation sites (tertiary alicyclic amines) is 1. The Morgan fingerprint density at radius 3 is 2.85 bits per heavy atom. The smallest absolute Gasteiger partial charge is 0.315 e. The zero-order chi connectivity index (χ0) is 19.1. The largest absolute Gasteiger partial charge is 0.352 e. The molecule has 8 nitrogen and oxygen atoms in total. The van der Waals surface area contributed by atoms with Crippen LogP contribution in [0.25, 0.3) is 0 Å². The monoisotopic (exact) mass is 371 g/mol. The summed E-state index contributed by atoms with van der Waals surface area (Å²) in [5.74, 6) is -0.541. The Morgan fingerprint density at radius 1 is 1.26 bits per heavy atom. The first kappa shape index (κ1) is 19.0. The summed E-state index contributed by atoms with van der Waals surface area (Å²) in [5, 5.41) is 9.36. The molecule has 3 rings (SSSR count). The molecule has 1 saturated heterocycles. The Bertz CT molecular complexity index is 762. The third-order valence-electron chi connectivity index (χ3n) is 4.72. The molecule has 0 saturated carbocycles. The van der Waals surface area contributed by atoms with Crippen molar-refractivity contribution in [3.63, 3.8) is 0 Å². The number of aromatic nitrogens is 2. The van der Waals surface area contributed by atoms with E-state index in [0.29, 0.717) is 19.1 Å². The minimum Gasteiger partial charge on any atom is -0.352 e. The standard InChI is InChI=1S/C19H25N5O3/c1-2-24-10-6-9-15(24)13-21-18(26)19-22-16(23-27-19)11-17(25)20-12-14-7-4-3-5-8-14/h3-5,7-8,15H,2,6,9-13H2,1H3,(H,20,25)(H,21,26)/t15-/m1/s1. The zero-order valence-corrected chi connectivity index (χ0v) is 15.5. The van der Waals surface area contributed by atoms with Crippen LogP contribution in [0, 0.1) is 0 Å². The third kappa shape index (κ3) is 5.37. The lowest BCUT2D eigenvalue weighted by Gasteiger charge is -2.22. The molecule has 0 radical (unpaired) electrons. The van der Waals surface area contributed by atoms with Crippen molar-refractivity contribution in [2.75, 3.05) is 19.6 Å². The minimum absolute atomic E-state index is 0.0319. The Balaban J connectivity index is 1.44. The molecule has 2 aromatic rings. The average molecular weight is 371 g/mol. The van der Waals surface area contributed by atoms with E-state index in [-0.39, 0.29) is 24.0 Å². The van der Waals surface area contributed by atoms with Gasteiger partial charge in [-0.25, -0.2) is 0 Å². The predicted octanol–water partition coefficient (Wildman–Crippen LogP) is 1.14. The van der Waals surface area contributed by atoms with Gasteiger partial charge >= 0.3 is 11.8 Å². The molecule has 1 aromatic heterocycles. The van der Waals surface area contributed by atoms with Gasteiger partial charge in [0.05, 0.1) is 6.42 Å². The van der Waals surface area contributed by atoms with E-state index in [1.54, 1.807) is 0 Å². The second kappa shape index (κ2) is 9.27. The number of hydrogen-bond donors (Lipinski definition) is 2. The van der Waals surface area contributed by atoms with E-state index >= 15 is 0 Å². The summed E-state index contributed by atoms with van der Waals surface area (Å²) < 4.78 is 4.99. The highest BCUT2D eigenvalue weighted by atomic mass is 16.5. The van der Waals surface area contributed by atoms with Crippen LogP contribution in [0.1, 0.15) is 41.8 Å². The molecule has 1 aromatic carbocycles. The average Bonchev–Trinajstić information content (AvgIpc) is 3.34. The van der Waals surface area contributed by atoms with Crippen LogP contribution in [0.2, 0.25) is 0 Å². The molecule has 0 unspecified atom stereocenters. The van der Waals surface area contributed by atoms with Gasteiger partial charge in [-0.1, -0.05) is 42.4 Å². The SMILES string of the molecule is CCN1CCC[C@@H]1CNC(=O)c1nc(CC(=O)NCc2ccccc2)no1. The first-order chi connectivity index (χ1) is 13.2. The highest BCUT2D eigenvalue weighted by Gasteiger charge is 2.24. The van der Waals surface area contributed by atoms with Gasteiger partial charge in [-0.2, -0.15) is 4.98 Å². The number of rotatable bonds is 8. The fourth-order valence-corrected chi connectivity index (χ4v) is 3.25. The molecule has 1 aliphatic heterocycles. The maximum absolute atomic E-state index is 12.2. The molecule has 27 heavy (non-hydrogen) atoms. The summed E-state index contributed by atoms with van der Waals surface area (Å²) >= 11 is 0. The molecule has 2 N–H and O–H groups in total. The molecule has 1 fully saturated rings. The number of benzene rings is 1. The van der Waals surface area contributed by atoms with Crippen molar-refractivity contribution < 1.29 is 14.1 Å². The maximum Gasteiger partial charge on any atom is 0.315 e. The van der Waals surface area contributed by atoms with Gasteiger partial charge in [0, 0.05) is 19.1 Å². The van der Waals surface area contributed by atoms with Crippen molar-refractivity contribution in [2.45, 2.75) is 38.8 Å². The lowest BCUT2D eigenvalue weighted by molar-refractivity contribution is -0.120.